The molecule has 2 N–H and O–H groups in total. The summed E-state index contributed by atoms with van der Waals surface area (Å²) in [6.45, 7) is 6.17. The third-order valence-electron chi connectivity index (χ3n) is 7.86. The van der Waals surface area contributed by atoms with Gasteiger partial charge in [0.15, 0.2) is 0 Å². The van der Waals surface area contributed by atoms with E-state index in [1.54, 1.807) is 0 Å². The fraction of sp³-hybridized carbons (Fsp3) is 0.842. The largest absolute Gasteiger partial charge is 0.356 e. The second kappa shape index (κ2) is 35.3. The zero-order valence-corrected chi connectivity index (χ0v) is 28.0. The summed E-state index contributed by atoms with van der Waals surface area (Å²) in [5, 5.41) is 6.14. The summed E-state index contributed by atoms with van der Waals surface area (Å²) in [6, 6.07) is 0. The molecule has 0 unspecified atom stereocenters. The Morgan fingerprint density at radius 2 is 0.714 bits per heavy atom. The van der Waals surface area contributed by atoms with E-state index in [-0.39, 0.29) is 11.8 Å². The maximum atomic E-state index is 11.9. The average molecular weight is 585 g/mol. The quantitative estimate of drug-likeness (QED) is 0.0652. The molecule has 4 heteroatoms. The van der Waals surface area contributed by atoms with Crippen LogP contribution in [0.2, 0.25) is 0 Å². The van der Waals surface area contributed by atoms with E-state index < -0.39 is 0 Å². The lowest BCUT2D eigenvalue weighted by Crippen LogP contribution is -2.23. The number of carbonyl (C=O) groups excluding carboxylic acids is 2. The summed E-state index contributed by atoms with van der Waals surface area (Å²) in [6.07, 6.45) is 32.4. The molecule has 242 valence electrons. The van der Waals surface area contributed by atoms with Crippen molar-refractivity contribution in [2.24, 2.45) is 0 Å². The van der Waals surface area contributed by atoms with Crippen LogP contribution >= 0.6 is 0 Å². The first-order chi connectivity index (χ1) is 20.7. The van der Waals surface area contributed by atoms with Crippen LogP contribution in [0.25, 0.3) is 0 Å². The van der Waals surface area contributed by atoms with Crippen molar-refractivity contribution in [3.63, 3.8) is 0 Å². The molecule has 0 rings (SSSR count). The Hall–Kier alpha value is -1.94. The predicted molar refractivity (Wildman–Crippen MR) is 182 cm³/mol. The molecule has 4 nitrogen and oxygen atoms in total. The SMILES string of the molecule is CCCCCCCCNC(=O)CCCCCCCCC#CC#CCCCCCCCCC(=O)NCCCCCCCC. The lowest BCUT2D eigenvalue weighted by molar-refractivity contribution is -0.122. The van der Waals surface area contributed by atoms with Crippen molar-refractivity contribution >= 4 is 11.8 Å². The third kappa shape index (κ3) is 34.3. The molecular weight excluding hydrogens is 516 g/mol. The summed E-state index contributed by atoms with van der Waals surface area (Å²) in [4.78, 5) is 23.8. The van der Waals surface area contributed by atoms with Gasteiger partial charge in [0.1, 0.15) is 0 Å². The van der Waals surface area contributed by atoms with Crippen molar-refractivity contribution < 1.29 is 9.59 Å². The lowest BCUT2D eigenvalue weighted by atomic mass is 10.1. The summed E-state index contributed by atoms with van der Waals surface area (Å²) < 4.78 is 0. The number of carbonyl (C=O) groups is 2. The Bertz CT molecular complexity index is 663. The van der Waals surface area contributed by atoms with Gasteiger partial charge >= 0.3 is 0 Å². The molecule has 42 heavy (non-hydrogen) atoms. The topological polar surface area (TPSA) is 58.2 Å². The molecule has 0 fully saturated rings. The molecule has 0 saturated heterocycles. The maximum Gasteiger partial charge on any atom is 0.219 e. The summed E-state index contributed by atoms with van der Waals surface area (Å²) in [5.41, 5.74) is 0. The van der Waals surface area contributed by atoms with Crippen molar-refractivity contribution in [3.8, 4) is 23.7 Å². The fourth-order valence-corrected chi connectivity index (χ4v) is 5.07. The number of hydrogen-bond acceptors (Lipinski definition) is 2. The summed E-state index contributed by atoms with van der Waals surface area (Å²) in [5.74, 6) is 12.9. The van der Waals surface area contributed by atoms with Gasteiger partial charge in [-0.25, -0.2) is 0 Å². The molecule has 0 radical (unpaired) electrons. The van der Waals surface area contributed by atoms with Crippen LogP contribution < -0.4 is 10.6 Å². The van der Waals surface area contributed by atoms with Gasteiger partial charge in [0, 0.05) is 38.8 Å². The number of unbranched alkanes of at least 4 members (excludes halogenated alkanes) is 22. The highest BCUT2D eigenvalue weighted by atomic mass is 16.2. The van der Waals surface area contributed by atoms with E-state index in [0.29, 0.717) is 12.8 Å². The van der Waals surface area contributed by atoms with Crippen molar-refractivity contribution in [1.29, 1.82) is 0 Å². The van der Waals surface area contributed by atoms with Gasteiger partial charge in [0.05, 0.1) is 0 Å². The van der Waals surface area contributed by atoms with Gasteiger partial charge in [-0.05, 0) is 50.4 Å². The zero-order chi connectivity index (χ0) is 30.6. The van der Waals surface area contributed by atoms with Crippen LogP contribution in [0.3, 0.4) is 0 Å². The van der Waals surface area contributed by atoms with Crippen LogP contribution in [0, 0.1) is 23.7 Å². The molecule has 0 aliphatic carbocycles. The van der Waals surface area contributed by atoms with Crippen LogP contribution in [0.5, 0.6) is 0 Å². The second-order valence-corrected chi connectivity index (χ2v) is 12.1. The van der Waals surface area contributed by atoms with Crippen molar-refractivity contribution in [1.82, 2.24) is 10.6 Å². The summed E-state index contributed by atoms with van der Waals surface area (Å²) in [7, 11) is 0. The monoisotopic (exact) mass is 585 g/mol. The minimum atomic E-state index is 0.228. The molecular formula is C38H68N2O2. The van der Waals surface area contributed by atoms with E-state index in [2.05, 4.69) is 48.2 Å². The van der Waals surface area contributed by atoms with Crippen LogP contribution in [-0.4, -0.2) is 24.9 Å². The second-order valence-electron chi connectivity index (χ2n) is 12.1. The smallest absolute Gasteiger partial charge is 0.219 e. The molecule has 0 aromatic carbocycles. The molecule has 0 bridgehead atoms. The van der Waals surface area contributed by atoms with Crippen molar-refractivity contribution in [2.45, 2.75) is 194 Å². The highest BCUT2D eigenvalue weighted by Gasteiger charge is 2.01. The Morgan fingerprint density at radius 3 is 1.10 bits per heavy atom. The Balaban J connectivity index is 3.35. The molecule has 2 amide bonds. The maximum absolute atomic E-state index is 11.9. The molecule has 0 aromatic heterocycles. The summed E-state index contributed by atoms with van der Waals surface area (Å²) >= 11 is 0. The van der Waals surface area contributed by atoms with Crippen LogP contribution in [-0.2, 0) is 9.59 Å². The molecule has 0 heterocycles. The van der Waals surface area contributed by atoms with Gasteiger partial charge in [-0.1, -0.05) is 141 Å². The van der Waals surface area contributed by atoms with Gasteiger partial charge in [-0.15, -0.1) is 0 Å². The average Bonchev–Trinajstić information content (AvgIpc) is 2.99. The normalized spacial score (nSPS) is 10.4. The van der Waals surface area contributed by atoms with E-state index in [9.17, 15) is 9.59 Å². The van der Waals surface area contributed by atoms with E-state index in [1.165, 1.54) is 103 Å². The first-order valence-electron chi connectivity index (χ1n) is 18.2. The van der Waals surface area contributed by atoms with Crippen molar-refractivity contribution in [2.75, 3.05) is 13.1 Å². The van der Waals surface area contributed by atoms with Gasteiger partial charge in [0.25, 0.3) is 0 Å². The molecule has 0 aromatic rings. The number of amides is 2. The molecule has 0 atom stereocenters. The zero-order valence-electron chi connectivity index (χ0n) is 28.0. The van der Waals surface area contributed by atoms with Crippen LogP contribution in [0.1, 0.15) is 194 Å². The highest BCUT2D eigenvalue weighted by Crippen LogP contribution is 2.10. The number of rotatable bonds is 30. The van der Waals surface area contributed by atoms with Crippen LogP contribution in [0.4, 0.5) is 0 Å². The standard InChI is InChI=1S/C38H68N2O2/c1-3-5-7-9-27-31-35-39-37(41)33-29-25-23-21-19-17-15-13-11-12-14-16-18-20-22-24-26-30-34-38(42)40-36-32-28-10-8-6-4-2/h3-10,15-36H2,1-2H3,(H,39,41)(H,40,42). The minimum Gasteiger partial charge on any atom is -0.356 e. The Kier molecular flexibility index (Phi) is 33.6. The Morgan fingerprint density at radius 1 is 0.405 bits per heavy atom. The van der Waals surface area contributed by atoms with E-state index in [4.69, 9.17) is 0 Å². The molecule has 0 saturated carbocycles. The highest BCUT2D eigenvalue weighted by molar-refractivity contribution is 5.76. The van der Waals surface area contributed by atoms with E-state index in [0.717, 1.165) is 77.3 Å². The van der Waals surface area contributed by atoms with Gasteiger partial charge < -0.3 is 10.6 Å². The van der Waals surface area contributed by atoms with E-state index >= 15 is 0 Å². The molecule has 0 spiro atoms. The third-order valence-corrected chi connectivity index (χ3v) is 7.86. The van der Waals surface area contributed by atoms with Gasteiger partial charge in [-0.2, -0.15) is 0 Å². The molecule has 0 aliphatic heterocycles. The lowest BCUT2D eigenvalue weighted by Gasteiger charge is -2.05. The number of hydrogen-bond donors (Lipinski definition) is 2. The number of nitrogens with one attached hydrogen (secondary N) is 2. The minimum absolute atomic E-state index is 0.228. The van der Waals surface area contributed by atoms with E-state index in [1.807, 2.05) is 0 Å². The van der Waals surface area contributed by atoms with Crippen molar-refractivity contribution in [3.05, 3.63) is 0 Å². The van der Waals surface area contributed by atoms with Gasteiger partial charge in [-0.3, -0.25) is 9.59 Å². The first kappa shape index (κ1) is 40.1. The first-order valence-corrected chi connectivity index (χ1v) is 18.2. The molecule has 0 aliphatic rings. The van der Waals surface area contributed by atoms with Crippen LogP contribution in [0.15, 0.2) is 0 Å². The predicted octanol–water partition coefficient (Wildman–Crippen LogP) is 10.2. The Labute approximate surface area is 262 Å². The van der Waals surface area contributed by atoms with Gasteiger partial charge in [0.2, 0.25) is 11.8 Å². The fourth-order valence-electron chi connectivity index (χ4n) is 5.07.